The molecule has 0 aliphatic heterocycles. The molecule has 0 radical (unpaired) electrons. The molecule has 13 heavy (non-hydrogen) atoms. The van der Waals surface area contributed by atoms with Gasteiger partial charge in [0, 0.05) is 0 Å². The maximum atomic E-state index is 8.42. The first-order chi connectivity index (χ1) is 5.91. The van der Waals surface area contributed by atoms with E-state index in [0.29, 0.717) is 0 Å². The molecule has 74 valence electrons. The van der Waals surface area contributed by atoms with E-state index in [-0.39, 0.29) is 10.6 Å². The summed E-state index contributed by atoms with van der Waals surface area (Å²) >= 11 is 8.31. The molecular weight excluding hydrogens is 321 g/mol. The summed E-state index contributed by atoms with van der Waals surface area (Å²) in [6.45, 7) is 0. The summed E-state index contributed by atoms with van der Waals surface area (Å²) in [5, 5.41) is 15.9. The van der Waals surface area contributed by atoms with Crippen LogP contribution in [0.25, 0.3) is 0 Å². The van der Waals surface area contributed by atoms with E-state index in [4.69, 9.17) is 53.9 Å². The fourth-order valence-electron chi connectivity index (χ4n) is 0.571. The predicted molar refractivity (Wildman–Crippen MR) is 57.6 cm³/mol. The Balaban J connectivity index is 4.11. The minimum absolute atomic E-state index is 0.239. The third kappa shape index (κ3) is 6.69. The van der Waals surface area contributed by atoms with Gasteiger partial charge in [0.15, 0.2) is 0 Å². The van der Waals surface area contributed by atoms with Crippen LogP contribution in [0.15, 0.2) is 0 Å². The molecular formula is C6H6Cl4N2Se. The normalized spacial score (nSPS) is 16.8. The van der Waals surface area contributed by atoms with Crippen LogP contribution >= 0.6 is 43.4 Å². The van der Waals surface area contributed by atoms with Crippen molar-refractivity contribution >= 4 is 54.4 Å². The minimum atomic E-state index is -2.81. The van der Waals surface area contributed by atoms with Gasteiger partial charge in [-0.15, -0.1) is 0 Å². The summed E-state index contributed by atoms with van der Waals surface area (Å²) in [5.41, 5.74) is 0. The van der Waals surface area contributed by atoms with Crippen molar-refractivity contribution in [3.63, 3.8) is 0 Å². The quantitative estimate of drug-likeness (QED) is 0.588. The van der Waals surface area contributed by atoms with Gasteiger partial charge in [-0.3, -0.25) is 0 Å². The van der Waals surface area contributed by atoms with Crippen LogP contribution in [0.5, 0.6) is 0 Å². The Kier molecular flexibility index (Phi) is 6.52. The van der Waals surface area contributed by atoms with Gasteiger partial charge in [-0.25, -0.2) is 0 Å². The van der Waals surface area contributed by atoms with Gasteiger partial charge in [0.05, 0.1) is 0 Å². The van der Waals surface area contributed by atoms with E-state index >= 15 is 0 Å². The first-order valence-electron chi connectivity index (χ1n) is 3.16. The van der Waals surface area contributed by atoms with Crippen molar-refractivity contribution in [2.45, 2.75) is 21.4 Å². The van der Waals surface area contributed by atoms with Crippen molar-refractivity contribution in [1.29, 1.82) is 10.5 Å². The van der Waals surface area contributed by atoms with E-state index in [1.807, 2.05) is 12.1 Å². The second kappa shape index (κ2) is 6.20. The molecule has 0 bridgehead atoms. The first kappa shape index (κ1) is 13.7. The molecule has 0 aromatic carbocycles. The van der Waals surface area contributed by atoms with E-state index in [1.54, 1.807) is 0 Å². The monoisotopic (exact) mass is 326 g/mol. The fraction of sp³-hybridized carbons (Fsp3) is 0.667. The Hall–Kier alpha value is 0.659. The summed E-state index contributed by atoms with van der Waals surface area (Å²) in [6.07, 6.45) is 0. The molecule has 0 N–H and O–H groups in total. The van der Waals surface area contributed by atoms with Crippen LogP contribution in [0, 0.1) is 22.7 Å². The van der Waals surface area contributed by atoms with Crippen molar-refractivity contribution < 1.29 is 0 Å². The van der Waals surface area contributed by atoms with Crippen LogP contribution in [-0.4, -0.2) is 21.8 Å². The predicted octanol–water partition coefficient (Wildman–Crippen LogP) is 3.17. The average Bonchev–Trinajstić information content (AvgIpc) is 2.02. The van der Waals surface area contributed by atoms with Crippen LogP contribution in [-0.2, 0) is 0 Å². The molecule has 0 fully saturated rings. The van der Waals surface area contributed by atoms with Gasteiger partial charge >= 0.3 is 98.5 Å². The molecule has 0 aromatic rings. The summed E-state index contributed by atoms with van der Waals surface area (Å²) in [7, 11) is 11.9. The second-order valence-corrected chi connectivity index (χ2v) is 14.6. The number of nitriles is 2. The van der Waals surface area contributed by atoms with Crippen molar-refractivity contribution in [2.75, 3.05) is 0 Å². The Morgan fingerprint density at radius 1 is 1.00 bits per heavy atom. The molecule has 0 amide bonds. The molecule has 2 nitrogen and oxygen atoms in total. The fourth-order valence-corrected chi connectivity index (χ4v) is 9.16. The van der Waals surface area contributed by atoms with Crippen LogP contribution in [0.3, 0.4) is 0 Å². The van der Waals surface area contributed by atoms with Crippen LogP contribution in [0.1, 0.15) is 0 Å². The van der Waals surface area contributed by atoms with Crippen molar-refractivity contribution in [3.8, 4) is 12.1 Å². The second-order valence-electron chi connectivity index (χ2n) is 2.23. The van der Waals surface area contributed by atoms with Gasteiger partial charge in [-0.2, -0.15) is 0 Å². The van der Waals surface area contributed by atoms with Crippen LogP contribution < -0.4 is 0 Å². The number of nitrogens with zero attached hydrogens (tertiary/aromatic N) is 2. The van der Waals surface area contributed by atoms with Gasteiger partial charge in [0.2, 0.25) is 0 Å². The molecule has 0 saturated carbocycles. The number of halogens is 4. The summed E-state index contributed by atoms with van der Waals surface area (Å²) < 4.78 is 0. The molecule has 2 atom stereocenters. The first-order valence-corrected chi connectivity index (χ1v) is 11.0. The molecule has 7 heteroatoms. The zero-order chi connectivity index (χ0) is 10.5. The Morgan fingerprint density at radius 3 is 1.54 bits per heavy atom. The van der Waals surface area contributed by atoms with Gasteiger partial charge < -0.3 is 0 Å². The molecule has 0 aliphatic carbocycles. The van der Waals surface area contributed by atoms with Gasteiger partial charge in [0.1, 0.15) is 0 Å². The Labute approximate surface area is 98.0 Å². The maximum absolute atomic E-state index is 8.42. The summed E-state index contributed by atoms with van der Waals surface area (Å²) in [6, 6.07) is 3.64. The number of rotatable bonds is 4. The van der Waals surface area contributed by atoms with E-state index in [2.05, 4.69) is 0 Å². The van der Waals surface area contributed by atoms with E-state index in [9.17, 15) is 0 Å². The molecule has 0 spiro atoms. The number of alkyl halides is 2. The standard InChI is InChI=1S/C6H6Cl4N2Se/c7-5(1-11)3-13(9,10)4-6(8)2-12/h5-6H,3-4H2. The summed E-state index contributed by atoms with van der Waals surface area (Å²) in [5.74, 6) is 0. The molecule has 0 rings (SSSR count). The van der Waals surface area contributed by atoms with E-state index in [1.165, 1.54) is 0 Å². The topological polar surface area (TPSA) is 47.6 Å². The zero-order valence-electron chi connectivity index (χ0n) is 6.38. The third-order valence-corrected chi connectivity index (χ3v) is 8.46. The van der Waals surface area contributed by atoms with Crippen molar-refractivity contribution in [2.24, 2.45) is 0 Å². The molecule has 0 saturated heterocycles. The third-order valence-electron chi connectivity index (χ3n) is 1.06. The number of hydrogen-bond acceptors (Lipinski definition) is 2. The molecule has 0 heterocycles. The zero-order valence-corrected chi connectivity index (χ0v) is 11.1. The van der Waals surface area contributed by atoms with E-state index in [0.717, 1.165) is 0 Å². The van der Waals surface area contributed by atoms with Crippen molar-refractivity contribution in [3.05, 3.63) is 0 Å². The van der Waals surface area contributed by atoms with E-state index < -0.39 is 21.8 Å². The van der Waals surface area contributed by atoms with Gasteiger partial charge in [0.25, 0.3) is 0 Å². The molecule has 0 aliphatic rings. The number of hydrogen-bond donors (Lipinski definition) is 0. The Morgan fingerprint density at radius 2 is 1.31 bits per heavy atom. The van der Waals surface area contributed by atoms with Gasteiger partial charge in [-0.05, 0) is 0 Å². The molecule has 2 unspecified atom stereocenters. The van der Waals surface area contributed by atoms with Crippen LogP contribution in [0.4, 0.5) is 0 Å². The van der Waals surface area contributed by atoms with Gasteiger partial charge in [-0.1, -0.05) is 0 Å². The van der Waals surface area contributed by atoms with Crippen molar-refractivity contribution in [1.82, 2.24) is 0 Å². The van der Waals surface area contributed by atoms with Crippen LogP contribution in [0.2, 0.25) is 10.6 Å². The average molecular weight is 327 g/mol. The summed E-state index contributed by atoms with van der Waals surface area (Å²) in [4.78, 5) is 0. The Bertz CT molecular complexity index is 220. The SMILES string of the molecule is N#CC(Cl)C[Se](Cl)(Cl)CC(Cl)C#N. The molecule has 0 aromatic heterocycles.